The lowest BCUT2D eigenvalue weighted by Gasteiger charge is -2.30. The van der Waals surface area contributed by atoms with E-state index in [2.05, 4.69) is 16.7 Å². The smallest absolute Gasteiger partial charge is 0.408 e. The van der Waals surface area contributed by atoms with Gasteiger partial charge >= 0.3 is 6.09 Å². The Labute approximate surface area is 242 Å². The second-order valence-corrected chi connectivity index (χ2v) is 10.7. The van der Waals surface area contributed by atoms with Crippen molar-refractivity contribution in [3.8, 4) is 18.2 Å². The number of hydrogen-bond acceptors (Lipinski definition) is 5. The van der Waals surface area contributed by atoms with Gasteiger partial charge < -0.3 is 20.1 Å². The largest absolute Gasteiger partial charge is 0.497 e. The minimum absolute atomic E-state index is 0.136. The van der Waals surface area contributed by atoms with Crippen LogP contribution in [0.3, 0.4) is 0 Å². The molecule has 0 heterocycles. The Morgan fingerprint density at radius 2 is 1.61 bits per heavy atom. The summed E-state index contributed by atoms with van der Waals surface area (Å²) in [4.78, 5) is 41.7. The first-order valence-electron chi connectivity index (χ1n) is 13.3. The first-order chi connectivity index (χ1) is 19.4. The summed E-state index contributed by atoms with van der Waals surface area (Å²) in [5, 5.41) is 5.53. The summed E-state index contributed by atoms with van der Waals surface area (Å²) in [6.45, 7) is 9.06. The molecule has 0 bridgehead atoms. The van der Waals surface area contributed by atoms with E-state index in [-0.39, 0.29) is 6.42 Å². The van der Waals surface area contributed by atoms with E-state index in [9.17, 15) is 14.4 Å². The fourth-order valence-corrected chi connectivity index (χ4v) is 4.17. The van der Waals surface area contributed by atoms with Gasteiger partial charge in [-0.1, -0.05) is 55.0 Å². The van der Waals surface area contributed by atoms with E-state index in [1.807, 2.05) is 56.3 Å². The predicted octanol–water partition coefficient (Wildman–Crippen LogP) is 5.55. The molecule has 2 atom stereocenters. The Bertz CT molecular complexity index is 1410. The molecule has 3 amide bonds. The van der Waals surface area contributed by atoms with Gasteiger partial charge in [0.1, 0.15) is 23.4 Å². The van der Waals surface area contributed by atoms with E-state index in [1.54, 1.807) is 58.2 Å². The molecule has 0 radical (unpaired) electrons. The van der Waals surface area contributed by atoms with Gasteiger partial charge in [0.2, 0.25) is 0 Å². The van der Waals surface area contributed by atoms with Crippen molar-refractivity contribution in [2.24, 2.45) is 0 Å². The lowest BCUT2D eigenvalue weighted by atomic mass is 9.97. The zero-order valence-corrected chi connectivity index (χ0v) is 24.4. The van der Waals surface area contributed by atoms with Crippen LogP contribution in [-0.4, -0.2) is 41.6 Å². The van der Waals surface area contributed by atoms with Crippen molar-refractivity contribution < 1.29 is 23.9 Å². The average molecular weight is 556 g/mol. The zero-order chi connectivity index (χ0) is 30.2. The molecule has 0 aromatic heterocycles. The lowest BCUT2D eigenvalue weighted by molar-refractivity contribution is -0.136. The van der Waals surface area contributed by atoms with Gasteiger partial charge in [-0.25, -0.2) is 4.79 Å². The third kappa shape index (κ3) is 8.61. The highest BCUT2D eigenvalue weighted by Crippen LogP contribution is 2.27. The number of ether oxygens (including phenoxy) is 2. The number of carbonyl (C=O) groups excluding carboxylic acids is 3. The topological polar surface area (TPSA) is 97.0 Å². The molecule has 2 N–H and O–H groups in total. The molecular weight excluding hydrogens is 518 g/mol. The molecular formula is C33H37N3O5. The van der Waals surface area contributed by atoms with Crippen molar-refractivity contribution in [1.29, 1.82) is 0 Å². The Morgan fingerprint density at radius 3 is 2.17 bits per heavy atom. The lowest BCUT2D eigenvalue weighted by Crippen LogP contribution is -2.51. The molecule has 0 saturated carbocycles. The molecule has 8 nitrogen and oxygen atoms in total. The molecule has 0 aliphatic carbocycles. The first kappa shape index (κ1) is 30.8. The highest BCUT2D eigenvalue weighted by atomic mass is 16.6. The van der Waals surface area contributed by atoms with Gasteiger partial charge in [0.15, 0.2) is 0 Å². The predicted molar refractivity (Wildman–Crippen MR) is 159 cm³/mol. The van der Waals surface area contributed by atoms with Gasteiger partial charge in [0, 0.05) is 18.2 Å². The van der Waals surface area contributed by atoms with Crippen LogP contribution in [-0.2, 0) is 20.7 Å². The van der Waals surface area contributed by atoms with Crippen LogP contribution in [0.1, 0.15) is 49.1 Å². The van der Waals surface area contributed by atoms with E-state index in [1.165, 1.54) is 0 Å². The van der Waals surface area contributed by atoms with Gasteiger partial charge in [0.25, 0.3) is 11.8 Å². The first-order valence-corrected chi connectivity index (χ1v) is 13.3. The summed E-state index contributed by atoms with van der Waals surface area (Å²) in [7, 11) is 1.55. The van der Waals surface area contributed by atoms with Crippen LogP contribution in [0, 0.1) is 26.3 Å². The molecule has 0 aliphatic rings. The maximum absolute atomic E-state index is 14.1. The third-order valence-electron chi connectivity index (χ3n) is 6.36. The van der Waals surface area contributed by atoms with Crippen LogP contribution in [0.15, 0.2) is 72.8 Å². The molecule has 3 aromatic carbocycles. The molecule has 0 aliphatic heterocycles. The number of terminal acetylenes is 1. The Kier molecular flexibility index (Phi) is 10.2. The molecule has 0 saturated heterocycles. The van der Waals surface area contributed by atoms with Gasteiger partial charge in [-0.15, -0.1) is 0 Å². The van der Waals surface area contributed by atoms with E-state index >= 15 is 0 Å². The summed E-state index contributed by atoms with van der Waals surface area (Å²) in [5.41, 5.74) is 3.00. The fraction of sp³-hybridized carbons (Fsp3) is 0.303. The third-order valence-corrected chi connectivity index (χ3v) is 6.36. The van der Waals surface area contributed by atoms with Crippen molar-refractivity contribution in [2.75, 3.05) is 12.4 Å². The average Bonchev–Trinajstić information content (AvgIpc) is 2.92. The summed E-state index contributed by atoms with van der Waals surface area (Å²) in [5.74, 6) is -0.512. The van der Waals surface area contributed by atoms with Gasteiger partial charge in [-0.2, -0.15) is 0 Å². The minimum atomic E-state index is -1.19. The maximum atomic E-state index is 14.1. The summed E-state index contributed by atoms with van der Waals surface area (Å²) in [6.07, 6.45) is 5.29. The summed E-state index contributed by atoms with van der Waals surface area (Å²) < 4.78 is 10.6. The highest BCUT2D eigenvalue weighted by molar-refractivity contribution is 5.99. The number of methoxy groups -OCH3 is 1. The molecule has 2 unspecified atom stereocenters. The number of hydrogen-bond donors (Lipinski definition) is 2. The van der Waals surface area contributed by atoms with Crippen LogP contribution in [0.25, 0.3) is 0 Å². The molecule has 0 spiro atoms. The Balaban J connectivity index is 2.01. The number of carbonyl (C=O) groups is 3. The highest BCUT2D eigenvalue weighted by Gasteiger charge is 2.36. The Morgan fingerprint density at radius 1 is 0.951 bits per heavy atom. The van der Waals surface area contributed by atoms with E-state index in [0.717, 1.165) is 21.6 Å². The van der Waals surface area contributed by atoms with Gasteiger partial charge in [-0.05, 0) is 81.1 Å². The summed E-state index contributed by atoms with van der Waals surface area (Å²) >= 11 is 0. The van der Waals surface area contributed by atoms with Crippen LogP contribution in [0.4, 0.5) is 10.5 Å². The van der Waals surface area contributed by atoms with Gasteiger partial charge in [-0.3, -0.25) is 14.5 Å². The van der Waals surface area contributed by atoms with E-state index in [4.69, 9.17) is 15.9 Å². The monoisotopic (exact) mass is 555 g/mol. The number of amides is 3. The zero-order valence-electron chi connectivity index (χ0n) is 24.4. The minimum Gasteiger partial charge on any atom is -0.497 e. The molecule has 3 aromatic rings. The van der Waals surface area contributed by atoms with Crippen molar-refractivity contribution in [3.63, 3.8) is 0 Å². The van der Waals surface area contributed by atoms with Crippen molar-refractivity contribution >= 4 is 23.6 Å². The van der Waals surface area contributed by atoms with Crippen LogP contribution in [0.5, 0.6) is 5.75 Å². The SMILES string of the molecule is C#CN(C(=O)C(Cc1ccccc1)NC(=O)OC(C)(C)C)C(C(=O)Nc1ccc(OC)cc1)c1ccc(C)c(C)c1. The molecule has 214 valence electrons. The number of benzene rings is 3. The number of alkyl carbamates (subject to hydrolysis) is 1. The van der Waals surface area contributed by atoms with E-state index < -0.39 is 35.6 Å². The Hall–Kier alpha value is -4.77. The van der Waals surface area contributed by atoms with Crippen LogP contribution >= 0.6 is 0 Å². The number of aryl methyl sites for hydroxylation is 2. The number of rotatable bonds is 9. The van der Waals surface area contributed by atoms with Crippen molar-refractivity contribution in [3.05, 3.63) is 95.1 Å². The normalized spacial score (nSPS) is 12.3. The van der Waals surface area contributed by atoms with Crippen LogP contribution < -0.4 is 15.4 Å². The molecule has 41 heavy (non-hydrogen) atoms. The second-order valence-electron chi connectivity index (χ2n) is 10.7. The van der Waals surface area contributed by atoms with Gasteiger partial charge in [0.05, 0.1) is 7.11 Å². The molecule has 0 fully saturated rings. The number of nitrogens with zero attached hydrogens (tertiary/aromatic N) is 1. The maximum Gasteiger partial charge on any atom is 0.408 e. The standard InChI is InChI=1S/C33H37N3O5/c1-8-36(31(38)28(21-24-12-10-9-11-13-24)35-32(39)41-33(4,5)6)29(25-15-14-22(2)23(3)20-25)30(37)34-26-16-18-27(40-7)19-17-26/h1,9-20,28-29H,21H2,2-7H3,(H,34,37)(H,35,39). The van der Waals surface area contributed by atoms with E-state index in [0.29, 0.717) is 17.0 Å². The number of anilines is 1. The van der Waals surface area contributed by atoms with Crippen molar-refractivity contribution in [2.45, 2.75) is 58.7 Å². The fourth-order valence-electron chi connectivity index (χ4n) is 4.17. The number of nitrogens with one attached hydrogen (secondary N) is 2. The molecule has 8 heteroatoms. The van der Waals surface area contributed by atoms with Crippen molar-refractivity contribution in [1.82, 2.24) is 10.2 Å². The van der Waals surface area contributed by atoms with Crippen LogP contribution in [0.2, 0.25) is 0 Å². The summed E-state index contributed by atoms with van der Waals surface area (Å²) in [6, 6.07) is 21.6. The molecule has 3 rings (SSSR count). The second kappa shape index (κ2) is 13.5. The quantitative estimate of drug-likeness (QED) is 0.267.